The van der Waals surface area contributed by atoms with Gasteiger partial charge < -0.3 is 10.2 Å². The second-order valence-electron chi connectivity index (χ2n) is 4.82. The molecule has 0 amide bonds. The molecule has 0 unspecified atom stereocenters. The summed E-state index contributed by atoms with van der Waals surface area (Å²) in [6.07, 6.45) is 0.827. The molecule has 2 N–H and O–H groups in total. The van der Waals surface area contributed by atoms with Gasteiger partial charge in [0.05, 0.1) is 5.41 Å². The molecular weight excluding hydrogens is 220 g/mol. The lowest BCUT2D eigenvalue weighted by Gasteiger charge is -2.29. The highest BCUT2D eigenvalue weighted by Crippen LogP contribution is 2.38. The molecule has 0 atom stereocenters. The number of rotatable bonds is 3. The predicted octanol–water partition coefficient (Wildman–Crippen LogP) is 2.61. The summed E-state index contributed by atoms with van der Waals surface area (Å²) in [5.41, 5.74) is -1.11. The van der Waals surface area contributed by atoms with Crippen LogP contribution >= 0.6 is 0 Å². The number of aliphatic hydroxyl groups is 2. The molecule has 0 aliphatic heterocycles. The molecule has 0 aromatic heterocycles. The van der Waals surface area contributed by atoms with Gasteiger partial charge in [-0.15, -0.1) is 0 Å². The van der Waals surface area contributed by atoms with Crippen LogP contribution in [0.2, 0.25) is 0 Å². The number of ketones is 2. The minimum absolute atomic E-state index is 0.173. The SMILES string of the molecule is CCCC(=O)C1=C(O)C(C)=C(O)C(C)(C)C1=O. The van der Waals surface area contributed by atoms with Crippen LogP contribution in [0.3, 0.4) is 0 Å². The van der Waals surface area contributed by atoms with E-state index in [1.165, 1.54) is 6.92 Å². The van der Waals surface area contributed by atoms with Crippen molar-refractivity contribution >= 4 is 11.6 Å². The van der Waals surface area contributed by atoms with Crippen molar-refractivity contribution in [2.45, 2.75) is 40.5 Å². The second-order valence-corrected chi connectivity index (χ2v) is 4.82. The highest BCUT2D eigenvalue weighted by Gasteiger charge is 2.43. The lowest BCUT2D eigenvalue weighted by Crippen LogP contribution is -2.36. The topological polar surface area (TPSA) is 74.6 Å². The van der Waals surface area contributed by atoms with E-state index in [1.807, 2.05) is 6.92 Å². The van der Waals surface area contributed by atoms with Crippen LogP contribution in [0.15, 0.2) is 22.7 Å². The van der Waals surface area contributed by atoms with E-state index in [9.17, 15) is 19.8 Å². The van der Waals surface area contributed by atoms with Gasteiger partial charge in [0.1, 0.15) is 17.1 Å². The van der Waals surface area contributed by atoms with Crippen molar-refractivity contribution in [1.29, 1.82) is 0 Å². The van der Waals surface area contributed by atoms with Crippen molar-refractivity contribution in [3.8, 4) is 0 Å². The molecule has 1 aliphatic rings. The predicted molar refractivity (Wildman–Crippen MR) is 63.7 cm³/mol. The average Bonchev–Trinajstić information content (AvgIpc) is 2.25. The Morgan fingerprint density at radius 1 is 1.29 bits per heavy atom. The van der Waals surface area contributed by atoms with E-state index >= 15 is 0 Å². The molecule has 94 valence electrons. The maximum absolute atomic E-state index is 12.1. The number of hydrogen-bond donors (Lipinski definition) is 2. The normalized spacial score (nSPS) is 19.9. The maximum atomic E-state index is 12.1. The van der Waals surface area contributed by atoms with Crippen molar-refractivity contribution < 1.29 is 19.8 Å². The Hall–Kier alpha value is -1.58. The molecule has 0 fully saturated rings. The molecule has 0 bridgehead atoms. The quantitative estimate of drug-likeness (QED) is 0.741. The smallest absolute Gasteiger partial charge is 0.183 e. The molecule has 0 radical (unpaired) electrons. The number of Topliss-reactive ketones (excluding diaryl/α,β-unsaturated/α-hetero) is 2. The van der Waals surface area contributed by atoms with Crippen LogP contribution in [0, 0.1) is 5.41 Å². The van der Waals surface area contributed by atoms with Gasteiger partial charge in [0.25, 0.3) is 0 Å². The van der Waals surface area contributed by atoms with E-state index in [4.69, 9.17) is 0 Å². The zero-order valence-corrected chi connectivity index (χ0v) is 10.6. The number of hydrogen-bond acceptors (Lipinski definition) is 4. The summed E-state index contributed by atoms with van der Waals surface area (Å²) >= 11 is 0. The van der Waals surface area contributed by atoms with Crippen molar-refractivity contribution in [3.05, 3.63) is 22.7 Å². The van der Waals surface area contributed by atoms with Crippen LogP contribution in [0.25, 0.3) is 0 Å². The summed E-state index contributed by atoms with van der Waals surface area (Å²) in [7, 11) is 0. The van der Waals surface area contributed by atoms with Gasteiger partial charge in [-0.2, -0.15) is 0 Å². The van der Waals surface area contributed by atoms with Crippen LogP contribution in [0.5, 0.6) is 0 Å². The Labute approximate surface area is 101 Å². The van der Waals surface area contributed by atoms with Crippen LogP contribution in [-0.2, 0) is 9.59 Å². The van der Waals surface area contributed by atoms with E-state index < -0.39 is 11.2 Å². The maximum Gasteiger partial charge on any atom is 0.183 e. The molecule has 1 aliphatic carbocycles. The first-order chi connectivity index (χ1) is 7.75. The highest BCUT2D eigenvalue weighted by molar-refractivity contribution is 6.24. The van der Waals surface area contributed by atoms with E-state index in [0.717, 1.165) is 0 Å². The summed E-state index contributed by atoms with van der Waals surface area (Å²) < 4.78 is 0. The Balaban J connectivity index is 3.37. The zero-order valence-electron chi connectivity index (χ0n) is 10.6. The van der Waals surface area contributed by atoms with Crippen molar-refractivity contribution in [1.82, 2.24) is 0 Å². The Kier molecular flexibility index (Phi) is 3.45. The van der Waals surface area contributed by atoms with E-state index in [-0.39, 0.29) is 34.9 Å². The molecule has 4 nitrogen and oxygen atoms in total. The van der Waals surface area contributed by atoms with Gasteiger partial charge in [-0.25, -0.2) is 0 Å². The van der Waals surface area contributed by atoms with Gasteiger partial charge in [-0.3, -0.25) is 9.59 Å². The fourth-order valence-electron chi connectivity index (χ4n) is 1.91. The van der Waals surface area contributed by atoms with E-state index in [0.29, 0.717) is 6.42 Å². The lowest BCUT2D eigenvalue weighted by atomic mass is 9.74. The Morgan fingerprint density at radius 3 is 2.29 bits per heavy atom. The molecule has 0 aromatic rings. The van der Waals surface area contributed by atoms with Crippen molar-refractivity contribution in [2.75, 3.05) is 0 Å². The van der Waals surface area contributed by atoms with Gasteiger partial charge in [0.15, 0.2) is 11.6 Å². The van der Waals surface area contributed by atoms with Crippen LogP contribution < -0.4 is 0 Å². The van der Waals surface area contributed by atoms with Gasteiger partial charge in [-0.1, -0.05) is 6.92 Å². The third-order valence-corrected chi connectivity index (χ3v) is 3.09. The van der Waals surface area contributed by atoms with Crippen molar-refractivity contribution in [3.63, 3.8) is 0 Å². The largest absolute Gasteiger partial charge is 0.511 e. The number of carbonyl (C=O) groups is 2. The van der Waals surface area contributed by atoms with Gasteiger partial charge in [-0.05, 0) is 27.2 Å². The molecule has 0 spiro atoms. The zero-order chi connectivity index (χ0) is 13.4. The lowest BCUT2D eigenvalue weighted by molar-refractivity contribution is -0.127. The molecular formula is C13H18O4. The number of aliphatic hydroxyl groups excluding tert-OH is 2. The monoisotopic (exact) mass is 238 g/mol. The third kappa shape index (κ3) is 1.99. The Morgan fingerprint density at radius 2 is 1.82 bits per heavy atom. The first-order valence-corrected chi connectivity index (χ1v) is 5.67. The van der Waals surface area contributed by atoms with Crippen LogP contribution in [0.1, 0.15) is 40.5 Å². The molecule has 0 saturated carbocycles. The van der Waals surface area contributed by atoms with Gasteiger partial charge in [0.2, 0.25) is 0 Å². The van der Waals surface area contributed by atoms with Crippen LogP contribution in [0.4, 0.5) is 0 Å². The van der Waals surface area contributed by atoms with E-state index in [1.54, 1.807) is 13.8 Å². The van der Waals surface area contributed by atoms with E-state index in [2.05, 4.69) is 0 Å². The van der Waals surface area contributed by atoms with Crippen LogP contribution in [-0.4, -0.2) is 21.8 Å². The fourth-order valence-corrected chi connectivity index (χ4v) is 1.91. The summed E-state index contributed by atoms with van der Waals surface area (Å²) in [6, 6.07) is 0. The fraction of sp³-hybridized carbons (Fsp3) is 0.538. The summed E-state index contributed by atoms with van der Waals surface area (Å²) in [5.74, 6) is -1.44. The molecule has 17 heavy (non-hydrogen) atoms. The third-order valence-electron chi connectivity index (χ3n) is 3.09. The molecule has 4 heteroatoms. The first kappa shape index (κ1) is 13.5. The summed E-state index contributed by atoms with van der Waals surface area (Å²) in [6.45, 7) is 6.41. The molecule has 1 rings (SSSR count). The van der Waals surface area contributed by atoms with Crippen molar-refractivity contribution in [2.24, 2.45) is 5.41 Å². The Bertz CT molecular complexity index is 438. The molecule has 0 saturated heterocycles. The van der Waals surface area contributed by atoms with Gasteiger partial charge in [0, 0.05) is 12.0 Å². The van der Waals surface area contributed by atoms with Gasteiger partial charge >= 0.3 is 0 Å². The minimum atomic E-state index is -1.14. The number of carbonyl (C=O) groups excluding carboxylic acids is 2. The number of allylic oxidation sites excluding steroid dienone is 3. The highest BCUT2D eigenvalue weighted by atomic mass is 16.3. The second kappa shape index (κ2) is 4.35. The molecule has 0 heterocycles. The molecule has 0 aromatic carbocycles. The summed E-state index contributed by atoms with van der Waals surface area (Å²) in [4.78, 5) is 23.9. The first-order valence-electron chi connectivity index (χ1n) is 5.67. The average molecular weight is 238 g/mol. The minimum Gasteiger partial charge on any atom is -0.511 e. The standard InChI is InChI=1S/C13H18O4/c1-5-6-8(14)9-10(15)7(2)11(16)13(3,4)12(9)17/h15-16H,5-6H2,1-4H3. The summed E-state index contributed by atoms with van der Waals surface area (Å²) in [5, 5.41) is 19.7.